The third kappa shape index (κ3) is 6.89. The Kier molecular flexibility index (Phi) is 8.78. The number of para-hydroxylation sites is 1. The fourth-order valence-corrected chi connectivity index (χ4v) is 3.43. The molecule has 0 radical (unpaired) electrons. The molecular formula is C28H34FN3O6. The highest BCUT2D eigenvalue weighted by Gasteiger charge is 2.36. The summed E-state index contributed by atoms with van der Waals surface area (Å²) in [5.41, 5.74) is -1.28. The van der Waals surface area contributed by atoms with Crippen molar-refractivity contribution in [2.24, 2.45) is 5.41 Å². The van der Waals surface area contributed by atoms with Crippen molar-refractivity contribution in [2.45, 2.75) is 52.7 Å². The van der Waals surface area contributed by atoms with E-state index < -0.39 is 34.8 Å². The van der Waals surface area contributed by atoms with Crippen LogP contribution < -0.4 is 14.8 Å². The number of aliphatic carboxylic acids is 1. The largest absolute Gasteiger partial charge is 0.494 e. The van der Waals surface area contributed by atoms with Crippen LogP contribution in [-0.2, 0) is 4.79 Å². The van der Waals surface area contributed by atoms with Crippen LogP contribution in [0.4, 0.5) is 4.39 Å². The van der Waals surface area contributed by atoms with Gasteiger partial charge in [-0.05, 0) is 49.1 Å². The summed E-state index contributed by atoms with van der Waals surface area (Å²) in [5.74, 6) is -1.70. The maximum absolute atomic E-state index is 14.6. The van der Waals surface area contributed by atoms with Crippen LogP contribution in [0.3, 0.4) is 0 Å². The van der Waals surface area contributed by atoms with Crippen molar-refractivity contribution >= 4 is 11.9 Å². The van der Waals surface area contributed by atoms with E-state index in [-0.39, 0.29) is 30.3 Å². The number of ether oxygens (including phenoxy) is 2. The smallest absolute Gasteiger partial charge is 0.305 e. The molecule has 38 heavy (non-hydrogen) atoms. The Morgan fingerprint density at radius 1 is 1.08 bits per heavy atom. The van der Waals surface area contributed by atoms with E-state index in [0.717, 1.165) is 4.68 Å². The quantitative estimate of drug-likeness (QED) is 0.335. The number of nitrogens with zero attached hydrogens (tertiary/aromatic N) is 2. The Hall–Kier alpha value is -3.92. The molecule has 0 aliphatic heterocycles. The summed E-state index contributed by atoms with van der Waals surface area (Å²) in [7, 11) is 0. The molecule has 0 fully saturated rings. The van der Waals surface area contributed by atoms with E-state index in [1.54, 1.807) is 37.3 Å². The number of carboxylic acids is 1. The molecule has 1 heterocycles. The predicted molar refractivity (Wildman–Crippen MR) is 139 cm³/mol. The number of amides is 1. The van der Waals surface area contributed by atoms with Crippen molar-refractivity contribution in [3.05, 3.63) is 71.7 Å². The standard InChI is InChI=1S/C28H34FN3O6/c1-6-37-19-13-11-18(12-14-19)21(16-25(33)34)30-26(35)22-15-24(38-17-28(5,36)27(2,3)4)32(31-22)23-10-8-7-9-20(23)29/h7-15,21,36H,6,16-17H2,1-5H3,(H,30,35)(H,33,34). The van der Waals surface area contributed by atoms with Gasteiger partial charge in [-0.1, -0.05) is 45.0 Å². The average Bonchev–Trinajstić information content (AvgIpc) is 3.27. The van der Waals surface area contributed by atoms with E-state index in [9.17, 15) is 24.2 Å². The molecule has 0 saturated carbocycles. The molecule has 9 nitrogen and oxygen atoms in total. The van der Waals surface area contributed by atoms with Gasteiger partial charge < -0.3 is 25.0 Å². The fraction of sp³-hybridized carbons (Fsp3) is 0.393. The summed E-state index contributed by atoms with van der Waals surface area (Å²) in [4.78, 5) is 24.7. The Morgan fingerprint density at radius 2 is 1.74 bits per heavy atom. The molecule has 1 aromatic heterocycles. The van der Waals surface area contributed by atoms with Gasteiger partial charge in [0.05, 0.1) is 19.1 Å². The van der Waals surface area contributed by atoms with Crippen molar-refractivity contribution in [2.75, 3.05) is 13.2 Å². The van der Waals surface area contributed by atoms with Crippen molar-refractivity contribution in [3.63, 3.8) is 0 Å². The molecule has 204 valence electrons. The SMILES string of the molecule is CCOc1ccc(C(CC(=O)O)NC(=O)c2cc(OCC(C)(O)C(C)(C)C)n(-c3ccccc3F)n2)cc1. The number of halogens is 1. The molecule has 0 spiro atoms. The van der Waals surface area contributed by atoms with Gasteiger partial charge in [-0.25, -0.2) is 4.39 Å². The van der Waals surface area contributed by atoms with E-state index in [4.69, 9.17) is 9.47 Å². The molecule has 10 heteroatoms. The second-order valence-corrected chi connectivity index (χ2v) is 10.2. The van der Waals surface area contributed by atoms with E-state index in [0.29, 0.717) is 17.9 Å². The summed E-state index contributed by atoms with van der Waals surface area (Å²) in [5, 5.41) is 27.2. The molecule has 3 aromatic rings. The second-order valence-electron chi connectivity index (χ2n) is 10.2. The topological polar surface area (TPSA) is 123 Å². The first-order valence-corrected chi connectivity index (χ1v) is 12.3. The van der Waals surface area contributed by atoms with Crippen LogP contribution in [0.15, 0.2) is 54.6 Å². The molecule has 2 unspecified atom stereocenters. The third-order valence-electron chi connectivity index (χ3n) is 6.38. The lowest BCUT2D eigenvalue weighted by molar-refractivity contribution is -0.137. The van der Waals surface area contributed by atoms with Gasteiger partial charge in [-0.15, -0.1) is 0 Å². The number of benzene rings is 2. The van der Waals surface area contributed by atoms with E-state index in [1.165, 1.54) is 24.3 Å². The molecule has 3 N–H and O–H groups in total. The first kappa shape index (κ1) is 28.6. The van der Waals surface area contributed by atoms with Gasteiger partial charge in [0.25, 0.3) is 5.91 Å². The zero-order valence-corrected chi connectivity index (χ0v) is 22.2. The number of carbonyl (C=O) groups excluding carboxylic acids is 1. The maximum Gasteiger partial charge on any atom is 0.305 e. The number of hydrogen-bond donors (Lipinski definition) is 3. The number of nitrogens with one attached hydrogen (secondary N) is 1. The molecule has 2 atom stereocenters. The van der Waals surface area contributed by atoms with Crippen LogP contribution in [0, 0.1) is 11.2 Å². The minimum Gasteiger partial charge on any atom is -0.494 e. The minimum atomic E-state index is -1.25. The fourth-order valence-electron chi connectivity index (χ4n) is 3.43. The van der Waals surface area contributed by atoms with Crippen LogP contribution in [0.1, 0.15) is 63.1 Å². The highest BCUT2D eigenvalue weighted by Crippen LogP contribution is 2.31. The lowest BCUT2D eigenvalue weighted by Gasteiger charge is -2.36. The van der Waals surface area contributed by atoms with E-state index in [1.807, 2.05) is 27.7 Å². The van der Waals surface area contributed by atoms with Gasteiger partial charge in [0.2, 0.25) is 5.88 Å². The first-order valence-electron chi connectivity index (χ1n) is 12.3. The predicted octanol–water partition coefficient (Wildman–Crippen LogP) is 4.53. The Labute approximate surface area is 221 Å². The third-order valence-corrected chi connectivity index (χ3v) is 6.38. The normalized spacial score (nSPS) is 13.9. The van der Waals surface area contributed by atoms with Crippen LogP contribution in [0.5, 0.6) is 11.6 Å². The zero-order chi connectivity index (χ0) is 28.1. The highest BCUT2D eigenvalue weighted by molar-refractivity contribution is 5.93. The molecule has 0 aliphatic rings. The molecule has 0 bridgehead atoms. The summed E-state index contributed by atoms with van der Waals surface area (Å²) in [6, 6.07) is 13.1. The molecule has 3 rings (SSSR count). The number of aliphatic hydroxyl groups is 1. The average molecular weight is 528 g/mol. The molecule has 0 saturated heterocycles. The lowest BCUT2D eigenvalue weighted by Crippen LogP contribution is -2.45. The van der Waals surface area contributed by atoms with Gasteiger partial charge in [0.1, 0.15) is 29.5 Å². The van der Waals surface area contributed by atoms with Gasteiger partial charge >= 0.3 is 5.97 Å². The monoisotopic (exact) mass is 527 g/mol. The Bertz CT molecular complexity index is 1260. The molecular weight excluding hydrogens is 493 g/mol. The van der Waals surface area contributed by atoms with Crippen molar-refractivity contribution in [1.29, 1.82) is 0 Å². The van der Waals surface area contributed by atoms with E-state index in [2.05, 4.69) is 10.4 Å². The van der Waals surface area contributed by atoms with Crippen LogP contribution >= 0.6 is 0 Å². The Balaban J connectivity index is 1.93. The Morgan fingerprint density at radius 3 is 2.32 bits per heavy atom. The first-order chi connectivity index (χ1) is 17.8. The second kappa shape index (κ2) is 11.6. The molecule has 2 aromatic carbocycles. The van der Waals surface area contributed by atoms with Gasteiger partial charge in [0.15, 0.2) is 5.69 Å². The minimum absolute atomic E-state index is 0.0422. The van der Waals surface area contributed by atoms with Crippen molar-refractivity contribution in [3.8, 4) is 17.3 Å². The summed E-state index contributed by atoms with van der Waals surface area (Å²) in [6.45, 7) is 9.37. The molecule has 1 amide bonds. The zero-order valence-electron chi connectivity index (χ0n) is 22.2. The van der Waals surface area contributed by atoms with Crippen molar-refractivity contribution in [1.82, 2.24) is 15.1 Å². The summed E-state index contributed by atoms with van der Waals surface area (Å²) >= 11 is 0. The highest BCUT2D eigenvalue weighted by atomic mass is 19.1. The van der Waals surface area contributed by atoms with Gasteiger partial charge in [0, 0.05) is 6.07 Å². The number of rotatable bonds is 11. The number of aromatic nitrogens is 2. The summed E-state index contributed by atoms with van der Waals surface area (Å²) < 4.78 is 27.1. The van der Waals surface area contributed by atoms with Gasteiger partial charge in [-0.2, -0.15) is 9.78 Å². The summed E-state index contributed by atoms with van der Waals surface area (Å²) in [6.07, 6.45) is -0.369. The number of carbonyl (C=O) groups is 2. The van der Waals surface area contributed by atoms with Gasteiger partial charge in [-0.3, -0.25) is 9.59 Å². The van der Waals surface area contributed by atoms with Crippen LogP contribution in [0.2, 0.25) is 0 Å². The molecule has 0 aliphatic carbocycles. The number of carboxylic acid groups (broad SMARTS) is 1. The maximum atomic E-state index is 14.6. The van der Waals surface area contributed by atoms with Crippen LogP contribution in [-0.4, -0.2) is 50.7 Å². The van der Waals surface area contributed by atoms with E-state index >= 15 is 0 Å². The van der Waals surface area contributed by atoms with Crippen molar-refractivity contribution < 1.29 is 33.7 Å². The van der Waals surface area contributed by atoms with Crippen LogP contribution in [0.25, 0.3) is 5.69 Å². The number of hydrogen-bond acceptors (Lipinski definition) is 6. The lowest BCUT2D eigenvalue weighted by atomic mass is 9.78.